The Bertz CT molecular complexity index is 73.3. The molecule has 1 N–H and O–H groups in total. The molecule has 0 saturated carbocycles. The Morgan fingerprint density at radius 3 is 2.00 bits per heavy atom. The molecule has 2 amide bonds. The molecule has 0 spiro atoms. The molecule has 0 unspecified atom stereocenters. The summed E-state index contributed by atoms with van der Waals surface area (Å²) in [6.45, 7) is 0. The van der Waals surface area contributed by atoms with Crippen LogP contribution in [0.5, 0.6) is 0 Å². The smallest absolute Gasteiger partial charge is 0.273 e. The van der Waals surface area contributed by atoms with Crippen molar-refractivity contribution in [2.45, 2.75) is 0 Å². The van der Waals surface area contributed by atoms with Crippen molar-refractivity contribution in [3.05, 3.63) is 0 Å². The van der Waals surface area contributed by atoms with E-state index in [1.54, 1.807) is 0 Å². The van der Waals surface area contributed by atoms with Gasteiger partial charge in [0.2, 0.25) is 0 Å². The van der Waals surface area contributed by atoms with Crippen LogP contribution in [0.1, 0.15) is 0 Å². The van der Waals surface area contributed by atoms with E-state index in [4.69, 9.17) is 0 Å². The van der Waals surface area contributed by atoms with E-state index < -0.39 is 0 Å². The maximum atomic E-state index is 10.2. The van der Waals surface area contributed by atoms with Crippen LogP contribution < -0.4 is 4.34 Å². The first-order valence-corrected chi connectivity index (χ1v) is 3.42. The van der Waals surface area contributed by atoms with E-state index in [2.05, 4.69) is 52.8 Å². The summed E-state index contributed by atoms with van der Waals surface area (Å²) in [4.78, 5) is 10.2. The van der Waals surface area contributed by atoms with Gasteiger partial charge in [-0.15, -0.1) is 0 Å². The molecule has 0 bridgehead atoms. The van der Waals surface area contributed by atoms with Crippen LogP contribution >= 0.6 is 48.4 Å². The van der Waals surface area contributed by atoms with Crippen molar-refractivity contribution >= 4 is 54.5 Å². The summed E-state index contributed by atoms with van der Waals surface area (Å²) in [6, 6.07) is -0.319. The van der Waals surface area contributed by atoms with Gasteiger partial charge in [0.1, 0.15) is 0 Å². The fourth-order valence-electron chi connectivity index (χ4n) is 0.0319. The highest BCUT2D eigenvalue weighted by molar-refractivity contribution is 9.21. The topological polar surface area (TPSA) is 32.3 Å². The van der Waals surface area contributed by atoms with Crippen LogP contribution in [0.15, 0.2) is 0 Å². The molecule has 0 aromatic carbocycles. The van der Waals surface area contributed by atoms with E-state index >= 15 is 0 Å². The lowest BCUT2D eigenvalue weighted by Gasteiger charge is -1.98. The van der Waals surface area contributed by atoms with Crippen LogP contribution in [0.2, 0.25) is 0 Å². The number of rotatable bonds is 0. The number of carbonyl (C=O) groups excluding carboxylic acids is 1. The van der Waals surface area contributed by atoms with Crippen molar-refractivity contribution in [2.24, 2.45) is 0 Å². The molecule has 6 heteroatoms. The van der Waals surface area contributed by atoms with Crippen molar-refractivity contribution < 1.29 is 4.79 Å². The van der Waals surface area contributed by atoms with Gasteiger partial charge < -0.3 is 0 Å². The lowest BCUT2D eigenvalue weighted by Crippen LogP contribution is -2.18. The molecule has 0 fully saturated rings. The van der Waals surface area contributed by atoms with Crippen LogP contribution in [0.3, 0.4) is 0 Å². The first kappa shape index (κ1) is 7.71. The third kappa shape index (κ3) is 3.31. The van der Waals surface area contributed by atoms with Crippen molar-refractivity contribution in [3.8, 4) is 0 Å². The van der Waals surface area contributed by atoms with Gasteiger partial charge in [0.15, 0.2) is 0 Å². The van der Waals surface area contributed by atoms with Crippen molar-refractivity contribution in [3.63, 3.8) is 0 Å². The van der Waals surface area contributed by atoms with Gasteiger partial charge in [-0.3, -0.25) is 4.34 Å². The van der Waals surface area contributed by atoms with Gasteiger partial charge in [0.05, 0.1) is 48.4 Å². The SMILES string of the molecule is O=C(NBr)N(Br)Br. The molecule has 7 heavy (non-hydrogen) atoms. The van der Waals surface area contributed by atoms with E-state index in [-0.39, 0.29) is 6.03 Å². The summed E-state index contributed by atoms with van der Waals surface area (Å²) in [7, 11) is 0. The molecule has 0 aliphatic carbocycles. The molecule has 0 aromatic rings. The van der Waals surface area contributed by atoms with Gasteiger partial charge in [-0.1, -0.05) is 0 Å². The minimum absolute atomic E-state index is 0.319. The first-order chi connectivity index (χ1) is 3.18. The van der Waals surface area contributed by atoms with E-state index in [1.165, 1.54) is 0 Å². The molecule has 0 aliphatic rings. The fourth-order valence-corrected chi connectivity index (χ4v) is 0.862. The van der Waals surface area contributed by atoms with E-state index in [0.717, 1.165) is 2.95 Å². The minimum atomic E-state index is -0.319. The monoisotopic (exact) mass is 294 g/mol. The Labute approximate surface area is 66.4 Å². The Morgan fingerprint density at radius 2 is 2.00 bits per heavy atom. The number of halogens is 3. The molecule has 0 heterocycles. The number of carbonyl (C=O) groups is 1. The standard InChI is InChI=1S/CHBr3N2O/c2-5-1(7)6(3)4/h(H,5,7). The molecule has 3 nitrogen and oxygen atoms in total. The summed E-state index contributed by atoms with van der Waals surface area (Å²) in [5.74, 6) is 0. The van der Waals surface area contributed by atoms with E-state index in [9.17, 15) is 4.79 Å². The Balaban J connectivity index is 3.35. The zero-order chi connectivity index (χ0) is 5.86. The van der Waals surface area contributed by atoms with Gasteiger partial charge in [-0.05, 0) is 0 Å². The number of urea groups is 1. The molecule has 0 atom stereocenters. The number of amides is 2. The molecular formula is CHBr3N2O. The summed E-state index contributed by atoms with van der Waals surface area (Å²) in [5, 5.41) is 0. The van der Waals surface area contributed by atoms with Crippen LogP contribution in [-0.4, -0.2) is 8.98 Å². The molecule has 0 rings (SSSR count). The van der Waals surface area contributed by atoms with Gasteiger partial charge in [0.25, 0.3) is 0 Å². The lowest BCUT2D eigenvalue weighted by molar-refractivity contribution is 0.246. The quantitative estimate of drug-likeness (QED) is 0.681. The van der Waals surface area contributed by atoms with Crippen LogP contribution in [0, 0.1) is 0 Å². The lowest BCUT2D eigenvalue weighted by atomic mass is 11.2. The van der Waals surface area contributed by atoms with Crippen molar-refractivity contribution in [1.82, 2.24) is 7.29 Å². The average Bonchev–Trinajstić information content (AvgIpc) is 1.65. The van der Waals surface area contributed by atoms with Crippen molar-refractivity contribution in [2.75, 3.05) is 0 Å². The highest BCUT2D eigenvalue weighted by Gasteiger charge is 2.00. The predicted octanol–water partition coefficient (Wildman–Crippen LogP) is 1.93. The summed E-state index contributed by atoms with van der Waals surface area (Å²) in [6.07, 6.45) is 0. The minimum Gasteiger partial charge on any atom is -0.273 e. The zero-order valence-corrected chi connectivity index (χ0v) is 7.75. The van der Waals surface area contributed by atoms with Gasteiger partial charge in [-0.2, -0.15) is 2.95 Å². The molecule has 0 aromatic heterocycles. The van der Waals surface area contributed by atoms with Crippen LogP contribution in [-0.2, 0) is 0 Å². The fraction of sp³-hybridized carbons (Fsp3) is 0. The molecule has 0 radical (unpaired) electrons. The van der Waals surface area contributed by atoms with Crippen molar-refractivity contribution in [1.29, 1.82) is 0 Å². The molecule has 0 saturated heterocycles. The molecular weight excluding hydrogens is 296 g/mol. The maximum Gasteiger partial charge on any atom is 0.347 e. The van der Waals surface area contributed by atoms with Crippen LogP contribution in [0.25, 0.3) is 0 Å². The highest BCUT2D eigenvalue weighted by Crippen LogP contribution is 2.04. The van der Waals surface area contributed by atoms with E-state index in [0.29, 0.717) is 0 Å². The third-order valence-electron chi connectivity index (χ3n) is 0.234. The van der Waals surface area contributed by atoms with E-state index in [1.807, 2.05) is 0 Å². The summed E-state index contributed by atoms with van der Waals surface area (Å²) < 4.78 is 3.22. The zero-order valence-electron chi connectivity index (χ0n) is 2.99. The first-order valence-electron chi connectivity index (χ1n) is 1.20. The molecule has 0 aliphatic heterocycles. The largest absolute Gasteiger partial charge is 0.347 e. The third-order valence-corrected chi connectivity index (χ3v) is 1.22. The second kappa shape index (κ2) is 3.68. The normalized spacial score (nSPS) is 7.86. The average molecular weight is 297 g/mol. The summed E-state index contributed by atoms with van der Waals surface area (Å²) in [5.41, 5.74) is 0. The number of nitrogens with one attached hydrogen (secondary N) is 1. The molecule has 42 valence electrons. The summed E-state index contributed by atoms with van der Waals surface area (Å²) >= 11 is 8.33. The number of hydrogen-bond donors (Lipinski definition) is 1. The Hall–Kier alpha value is 0.710. The van der Waals surface area contributed by atoms with Gasteiger partial charge in [-0.25, -0.2) is 4.79 Å². The number of nitrogens with zero attached hydrogens (tertiary/aromatic N) is 1. The highest BCUT2D eigenvalue weighted by atomic mass is 79.9. The van der Waals surface area contributed by atoms with Gasteiger partial charge in [0, 0.05) is 0 Å². The van der Waals surface area contributed by atoms with Gasteiger partial charge >= 0.3 is 6.03 Å². The maximum absolute atomic E-state index is 10.2. The Kier molecular flexibility index (Phi) is 4.05. The second-order valence-electron chi connectivity index (χ2n) is 0.633. The Morgan fingerprint density at radius 1 is 1.57 bits per heavy atom. The second-order valence-corrected chi connectivity index (χ2v) is 3.40. The number of hydrogen-bond acceptors (Lipinski definition) is 1. The van der Waals surface area contributed by atoms with Crippen LogP contribution in [0.4, 0.5) is 4.79 Å². The predicted molar refractivity (Wildman–Crippen MR) is 37.2 cm³/mol.